The number of anilines is 3. The fraction of sp³-hybridized carbons (Fsp3) is 0.0667. The number of carbonyl (C=O) groups excluding carboxylic acids is 1. The lowest BCUT2D eigenvalue weighted by Crippen LogP contribution is -2.14. The number of benzene rings is 1. The first-order chi connectivity index (χ1) is 12.4. The molecule has 3 aromatic rings. The molecule has 0 bridgehead atoms. The summed E-state index contributed by atoms with van der Waals surface area (Å²) in [6, 6.07) is 6.68. The number of carbonyl (C=O) groups is 1. The van der Waals surface area contributed by atoms with Crippen LogP contribution in [0, 0.1) is 0 Å². The molecule has 2 aromatic heterocycles. The molecule has 1 amide bonds. The average Bonchev–Trinajstić information content (AvgIpc) is 3.03. The number of aromatic nitrogens is 3. The number of thioether (sulfide) groups is 1. The van der Waals surface area contributed by atoms with Crippen molar-refractivity contribution in [3.05, 3.63) is 39.7 Å². The van der Waals surface area contributed by atoms with Gasteiger partial charge in [0.05, 0.1) is 21.5 Å². The summed E-state index contributed by atoms with van der Waals surface area (Å²) in [7, 11) is 0. The summed E-state index contributed by atoms with van der Waals surface area (Å²) in [6.07, 6.45) is 0. The highest BCUT2D eigenvalue weighted by Crippen LogP contribution is 2.30. The molecule has 0 aliphatic carbocycles. The minimum absolute atomic E-state index is 0.102. The van der Waals surface area contributed by atoms with Crippen LogP contribution in [0.2, 0.25) is 10.0 Å². The van der Waals surface area contributed by atoms with Crippen LogP contribution in [0.5, 0.6) is 0 Å². The van der Waals surface area contributed by atoms with Crippen molar-refractivity contribution in [2.75, 3.05) is 22.5 Å². The van der Waals surface area contributed by atoms with Crippen molar-refractivity contribution in [1.29, 1.82) is 0 Å². The molecule has 0 atom stereocenters. The number of halogens is 2. The molecule has 26 heavy (non-hydrogen) atoms. The van der Waals surface area contributed by atoms with Crippen LogP contribution in [0.3, 0.4) is 0 Å². The van der Waals surface area contributed by atoms with Crippen molar-refractivity contribution in [2.45, 2.75) is 5.16 Å². The van der Waals surface area contributed by atoms with E-state index in [1.807, 2.05) is 11.4 Å². The van der Waals surface area contributed by atoms with E-state index in [9.17, 15) is 4.79 Å². The lowest BCUT2D eigenvalue weighted by Gasteiger charge is -2.03. The Morgan fingerprint density at radius 1 is 1.12 bits per heavy atom. The zero-order valence-electron chi connectivity index (χ0n) is 13.1. The zero-order chi connectivity index (χ0) is 18.7. The maximum Gasteiger partial charge on any atom is 0.236 e. The van der Waals surface area contributed by atoms with Crippen LogP contribution in [0.1, 0.15) is 0 Å². The van der Waals surface area contributed by atoms with Crippen molar-refractivity contribution in [3.63, 3.8) is 0 Å². The molecule has 11 heteroatoms. The predicted molar refractivity (Wildman–Crippen MR) is 108 cm³/mol. The van der Waals surface area contributed by atoms with Gasteiger partial charge in [-0.15, -0.1) is 11.3 Å². The van der Waals surface area contributed by atoms with E-state index in [0.29, 0.717) is 26.0 Å². The van der Waals surface area contributed by atoms with Crippen molar-refractivity contribution in [1.82, 2.24) is 15.0 Å². The molecule has 0 spiro atoms. The second-order valence-corrected chi connectivity index (χ2v) is 7.62. The molecule has 7 nitrogen and oxygen atoms in total. The quantitative estimate of drug-likeness (QED) is 0.418. The number of thiazole rings is 1. The summed E-state index contributed by atoms with van der Waals surface area (Å²) >= 11 is 14.4. The van der Waals surface area contributed by atoms with Crippen LogP contribution in [-0.4, -0.2) is 26.6 Å². The summed E-state index contributed by atoms with van der Waals surface area (Å²) in [5.41, 5.74) is 12.7. The third-order valence-electron chi connectivity index (χ3n) is 3.04. The molecule has 0 aliphatic rings. The molecule has 0 aliphatic heterocycles. The number of nitrogens with zero attached hydrogens (tertiary/aromatic N) is 3. The van der Waals surface area contributed by atoms with E-state index in [4.69, 9.17) is 34.7 Å². The molecule has 2 heterocycles. The summed E-state index contributed by atoms with van der Waals surface area (Å²) in [4.78, 5) is 24.5. The highest BCUT2D eigenvalue weighted by molar-refractivity contribution is 7.99. The lowest BCUT2D eigenvalue weighted by atomic mass is 10.2. The minimum atomic E-state index is -0.241. The zero-order valence-corrected chi connectivity index (χ0v) is 16.2. The Morgan fingerprint density at radius 3 is 2.54 bits per heavy atom. The van der Waals surface area contributed by atoms with Crippen LogP contribution < -0.4 is 16.8 Å². The predicted octanol–water partition coefficient (Wildman–Crippen LogP) is 3.80. The Labute approximate surface area is 167 Å². The molecule has 1 aromatic carbocycles. The topological polar surface area (TPSA) is 120 Å². The van der Waals surface area contributed by atoms with E-state index in [-0.39, 0.29) is 23.3 Å². The molecule has 0 unspecified atom stereocenters. The van der Waals surface area contributed by atoms with E-state index in [1.54, 1.807) is 12.1 Å². The van der Waals surface area contributed by atoms with Gasteiger partial charge in [-0.3, -0.25) is 4.79 Å². The summed E-state index contributed by atoms with van der Waals surface area (Å²) in [5.74, 6) is 0.373. The van der Waals surface area contributed by atoms with Crippen molar-refractivity contribution >= 4 is 69.0 Å². The number of nitrogens with two attached hydrogens (primary N) is 2. The largest absolute Gasteiger partial charge is 0.383 e. The Morgan fingerprint density at radius 2 is 1.85 bits per heavy atom. The van der Waals surface area contributed by atoms with Gasteiger partial charge in [0.2, 0.25) is 5.91 Å². The smallest absolute Gasteiger partial charge is 0.236 e. The first-order valence-corrected chi connectivity index (χ1v) is 9.76. The number of hydrogen-bond donors (Lipinski definition) is 3. The second-order valence-electron chi connectivity index (χ2n) is 5.00. The molecule has 3 rings (SSSR count). The van der Waals surface area contributed by atoms with Crippen LogP contribution in [0.4, 0.5) is 16.8 Å². The lowest BCUT2D eigenvalue weighted by molar-refractivity contribution is -0.113. The van der Waals surface area contributed by atoms with E-state index < -0.39 is 0 Å². The normalized spacial score (nSPS) is 10.7. The highest BCUT2D eigenvalue weighted by atomic mass is 35.5. The number of nitrogens with one attached hydrogen (secondary N) is 1. The first kappa shape index (κ1) is 18.7. The molecule has 0 saturated heterocycles. The van der Waals surface area contributed by atoms with Gasteiger partial charge in [0.1, 0.15) is 11.6 Å². The first-order valence-electron chi connectivity index (χ1n) is 7.14. The van der Waals surface area contributed by atoms with Gasteiger partial charge in [0.25, 0.3) is 0 Å². The molecule has 5 N–H and O–H groups in total. The van der Waals surface area contributed by atoms with Gasteiger partial charge in [0, 0.05) is 17.0 Å². The van der Waals surface area contributed by atoms with Gasteiger partial charge in [-0.05, 0) is 12.1 Å². The standard InChI is InChI=1S/C15H12Cl2N6OS2/c16-8-2-1-7(3-9(8)17)10-5-25-14(20-10)23-13(24)6-26-15-21-11(18)4-12(19)22-15/h1-5H,6H2,(H,20,23,24)(H4,18,19,21,22). The summed E-state index contributed by atoms with van der Waals surface area (Å²) in [5, 5.41) is 6.29. The molecule has 0 radical (unpaired) electrons. The number of rotatable bonds is 5. The van der Waals surface area contributed by atoms with E-state index in [1.165, 1.54) is 17.4 Å². The van der Waals surface area contributed by atoms with E-state index >= 15 is 0 Å². The molecule has 134 valence electrons. The molecule has 0 fully saturated rings. The number of hydrogen-bond acceptors (Lipinski definition) is 8. The van der Waals surface area contributed by atoms with Crippen molar-refractivity contribution in [3.8, 4) is 11.3 Å². The monoisotopic (exact) mass is 426 g/mol. The van der Waals surface area contributed by atoms with Gasteiger partial charge in [0.15, 0.2) is 10.3 Å². The average molecular weight is 427 g/mol. The Balaban J connectivity index is 1.61. The second kappa shape index (κ2) is 8.09. The maximum absolute atomic E-state index is 12.1. The van der Waals surface area contributed by atoms with Crippen LogP contribution in [0.15, 0.2) is 34.8 Å². The number of amides is 1. The van der Waals surface area contributed by atoms with Gasteiger partial charge in [-0.2, -0.15) is 0 Å². The number of nitrogen functional groups attached to an aromatic ring is 2. The highest BCUT2D eigenvalue weighted by Gasteiger charge is 2.11. The van der Waals surface area contributed by atoms with Crippen molar-refractivity contribution < 1.29 is 4.79 Å². The Bertz CT molecular complexity index is 945. The third kappa shape index (κ3) is 4.76. The van der Waals surface area contributed by atoms with Crippen LogP contribution in [0.25, 0.3) is 11.3 Å². The van der Waals surface area contributed by atoms with Crippen LogP contribution in [-0.2, 0) is 4.79 Å². The SMILES string of the molecule is Nc1cc(N)nc(SCC(=O)Nc2nc(-c3ccc(Cl)c(Cl)c3)cs2)n1. The van der Waals surface area contributed by atoms with E-state index in [2.05, 4.69) is 20.3 Å². The van der Waals surface area contributed by atoms with Gasteiger partial charge in [-0.25, -0.2) is 15.0 Å². The van der Waals surface area contributed by atoms with E-state index in [0.717, 1.165) is 17.3 Å². The summed E-state index contributed by atoms with van der Waals surface area (Å²) < 4.78 is 0. The third-order valence-corrected chi connectivity index (χ3v) is 5.39. The molecule has 0 saturated carbocycles. The fourth-order valence-electron chi connectivity index (χ4n) is 1.93. The Kier molecular flexibility index (Phi) is 5.82. The maximum atomic E-state index is 12.1. The summed E-state index contributed by atoms with van der Waals surface area (Å²) in [6.45, 7) is 0. The van der Waals surface area contributed by atoms with Gasteiger partial charge < -0.3 is 16.8 Å². The minimum Gasteiger partial charge on any atom is -0.383 e. The molecular formula is C15H12Cl2N6OS2. The Hall–Kier alpha value is -2.07. The van der Waals surface area contributed by atoms with Gasteiger partial charge >= 0.3 is 0 Å². The van der Waals surface area contributed by atoms with Gasteiger partial charge in [-0.1, -0.05) is 41.0 Å². The molecular weight excluding hydrogens is 415 g/mol. The fourth-order valence-corrected chi connectivity index (χ4v) is 3.64. The van der Waals surface area contributed by atoms with Crippen LogP contribution >= 0.6 is 46.3 Å². The van der Waals surface area contributed by atoms with Crippen molar-refractivity contribution in [2.24, 2.45) is 0 Å².